The molecule has 220 valence electrons. The van der Waals surface area contributed by atoms with E-state index in [1.54, 1.807) is 37.1 Å². The lowest BCUT2D eigenvalue weighted by Gasteiger charge is -2.21. The molecule has 1 amide bonds. The van der Waals surface area contributed by atoms with Gasteiger partial charge in [-0.25, -0.2) is 0 Å². The standard InChI is InChI=1S/C33H38N4O4S/c1-23-9-7-10-24(19-23)22-42-33-36-35-31(37(33)21-27-12-8-18-41-27)26(20-25-11-3-6-15-30(25)40-2)16-17-34-32(39)28-13-4-5-14-29(28)38/h3-7,9-11,13-15,19,26-27,38H,8,12,16-18,20-22H2,1-2H3,(H,34,39). The average Bonchev–Trinajstić information content (AvgIpc) is 3.66. The van der Waals surface area contributed by atoms with Crippen LogP contribution in [0.1, 0.15) is 58.1 Å². The largest absolute Gasteiger partial charge is 0.507 e. The number of ether oxygens (including phenoxy) is 2. The minimum atomic E-state index is -0.306. The zero-order valence-electron chi connectivity index (χ0n) is 24.2. The number of carbonyl (C=O) groups is 1. The fraction of sp³-hybridized carbons (Fsp3) is 0.364. The fourth-order valence-corrected chi connectivity index (χ4v) is 6.30. The maximum atomic E-state index is 12.8. The summed E-state index contributed by atoms with van der Waals surface area (Å²) in [6, 6.07) is 23.1. The van der Waals surface area contributed by atoms with Crippen molar-refractivity contribution in [2.75, 3.05) is 20.3 Å². The number of amides is 1. The number of para-hydroxylation sites is 2. The Balaban J connectivity index is 1.41. The molecule has 0 aliphatic carbocycles. The quantitative estimate of drug-likeness (QED) is 0.188. The van der Waals surface area contributed by atoms with Gasteiger partial charge in [0, 0.05) is 24.8 Å². The van der Waals surface area contributed by atoms with Crippen molar-refractivity contribution in [3.63, 3.8) is 0 Å². The van der Waals surface area contributed by atoms with Crippen LogP contribution in [0.4, 0.5) is 0 Å². The molecule has 0 bridgehead atoms. The highest BCUT2D eigenvalue weighted by Crippen LogP contribution is 2.32. The van der Waals surface area contributed by atoms with Crippen molar-refractivity contribution in [3.05, 3.63) is 101 Å². The number of phenolic OH excluding ortho intramolecular Hbond substituents is 1. The Kier molecular flexibility index (Phi) is 10.2. The number of benzene rings is 3. The molecular weight excluding hydrogens is 548 g/mol. The number of aromatic hydroxyl groups is 1. The van der Waals surface area contributed by atoms with Crippen LogP contribution >= 0.6 is 11.8 Å². The molecule has 0 saturated carbocycles. The number of nitrogens with zero attached hydrogens (tertiary/aromatic N) is 3. The van der Waals surface area contributed by atoms with Gasteiger partial charge in [-0.3, -0.25) is 4.79 Å². The van der Waals surface area contributed by atoms with Crippen LogP contribution in [0.15, 0.2) is 78.0 Å². The van der Waals surface area contributed by atoms with E-state index in [1.807, 2.05) is 18.2 Å². The lowest BCUT2D eigenvalue weighted by atomic mass is 9.94. The van der Waals surface area contributed by atoms with E-state index in [2.05, 4.69) is 52.2 Å². The summed E-state index contributed by atoms with van der Waals surface area (Å²) in [5.41, 5.74) is 3.80. The number of aromatic nitrogens is 3. The van der Waals surface area contributed by atoms with E-state index in [0.29, 0.717) is 25.9 Å². The minimum absolute atomic E-state index is 0.0350. The van der Waals surface area contributed by atoms with Gasteiger partial charge in [0.15, 0.2) is 5.16 Å². The number of phenols is 1. The molecule has 1 aliphatic heterocycles. The molecule has 1 aliphatic rings. The lowest BCUT2D eigenvalue weighted by molar-refractivity contribution is 0.0937. The van der Waals surface area contributed by atoms with E-state index in [9.17, 15) is 9.90 Å². The zero-order chi connectivity index (χ0) is 29.3. The topological polar surface area (TPSA) is 98.5 Å². The van der Waals surface area contributed by atoms with Crippen molar-refractivity contribution in [1.82, 2.24) is 20.1 Å². The Morgan fingerprint density at radius 1 is 1.14 bits per heavy atom. The molecule has 3 aromatic carbocycles. The number of aryl methyl sites for hydroxylation is 1. The van der Waals surface area contributed by atoms with Crippen molar-refractivity contribution < 1.29 is 19.4 Å². The Morgan fingerprint density at radius 2 is 1.98 bits per heavy atom. The van der Waals surface area contributed by atoms with Crippen LogP contribution in [0, 0.1) is 6.92 Å². The average molecular weight is 587 g/mol. The van der Waals surface area contributed by atoms with E-state index < -0.39 is 0 Å². The molecule has 1 aromatic heterocycles. The Labute approximate surface area is 251 Å². The molecule has 4 aromatic rings. The third-order valence-electron chi connectivity index (χ3n) is 7.56. The summed E-state index contributed by atoms with van der Waals surface area (Å²) >= 11 is 1.68. The Morgan fingerprint density at radius 3 is 2.76 bits per heavy atom. The Hall–Kier alpha value is -3.82. The molecule has 0 radical (unpaired) electrons. The van der Waals surface area contributed by atoms with E-state index in [0.717, 1.165) is 47.5 Å². The first kappa shape index (κ1) is 29.7. The van der Waals surface area contributed by atoms with Crippen LogP contribution in [0.25, 0.3) is 0 Å². The molecule has 2 unspecified atom stereocenters. The van der Waals surface area contributed by atoms with Gasteiger partial charge in [-0.15, -0.1) is 10.2 Å². The van der Waals surface area contributed by atoms with Crippen LogP contribution in [0.2, 0.25) is 0 Å². The molecule has 0 spiro atoms. The second-order valence-electron chi connectivity index (χ2n) is 10.6. The summed E-state index contributed by atoms with van der Waals surface area (Å²) in [5, 5.41) is 23.4. The normalized spacial score (nSPS) is 15.4. The monoisotopic (exact) mass is 586 g/mol. The van der Waals surface area contributed by atoms with Crippen molar-refractivity contribution >= 4 is 17.7 Å². The zero-order valence-corrected chi connectivity index (χ0v) is 25.0. The van der Waals surface area contributed by atoms with Gasteiger partial charge < -0.3 is 24.5 Å². The summed E-state index contributed by atoms with van der Waals surface area (Å²) in [6.07, 6.45) is 3.47. The van der Waals surface area contributed by atoms with Gasteiger partial charge in [0.25, 0.3) is 5.91 Å². The number of rotatable bonds is 13. The van der Waals surface area contributed by atoms with Gasteiger partial charge in [-0.2, -0.15) is 0 Å². The van der Waals surface area contributed by atoms with Crippen molar-refractivity contribution in [2.45, 2.75) is 62.1 Å². The minimum Gasteiger partial charge on any atom is -0.507 e. The molecule has 1 fully saturated rings. The molecule has 42 heavy (non-hydrogen) atoms. The van der Waals surface area contributed by atoms with Gasteiger partial charge in [-0.1, -0.05) is 71.9 Å². The number of methoxy groups -OCH3 is 1. The molecule has 2 atom stereocenters. The Bertz CT molecular complexity index is 1480. The van der Waals surface area contributed by atoms with Crippen LogP contribution in [-0.4, -0.2) is 52.1 Å². The molecule has 1 saturated heterocycles. The van der Waals surface area contributed by atoms with Gasteiger partial charge in [0.2, 0.25) is 0 Å². The van der Waals surface area contributed by atoms with Crippen LogP contribution in [0.5, 0.6) is 11.5 Å². The fourth-order valence-electron chi connectivity index (χ4n) is 5.40. The van der Waals surface area contributed by atoms with Gasteiger partial charge >= 0.3 is 0 Å². The van der Waals surface area contributed by atoms with Crippen LogP contribution in [0.3, 0.4) is 0 Å². The summed E-state index contributed by atoms with van der Waals surface area (Å²) in [6.45, 7) is 3.97. The van der Waals surface area contributed by atoms with Crippen molar-refractivity contribution in [2.24, 2.45) is 0 Å². The molecule has 5 rings (SSSR count). The number of carbonyl (C=O) groups excluding carboxylic acids is 1. The predicted molar refractivity (Wildman–Crippen MR) is 164 cm³/mol. The summed E-state index contributed by atoms with van der Waals surface area (Å²) in [7, 11) is 1.68. The van der Waals surface area contributed by atoms with Gasteiger partial charge in [0.05, 0.1) is 25.3 Å². The molecule has 9 heteroatoms. The highest BCUT2D eigenvalue weighted by Gasteiger charge is 2.27. The van der Waals surface area contributed by atoms with Crippen molar-refractivity contribution in [3.8, 4) is 11.5 Å². The lowest BCUT2D eigenvalue weighted by Crippen LogP contribution is -2.27. The first-order chi connectivity index (χ1) is 20.5. The number of hydrogen-bond acceptors (Lipinski definition) is 7. The first-order valence-corrected chi connectivity index (χ1v) is 15.4. The van der Waals surface area contributed by atoms with Gasteiger partial charge in [-0.05, 0) is 61.9 Å². The van der Waals surface area contributed by atoms with E-state index >= 15 is 0 Å². The molecule has 2 N–H and O–H groups in total. The third kappa shape index (κ3) is 7.52. The second kappa shape index (κ2) is 14.4. The number of nitrogens with one attached hydrogen (secondary N) is 1. The van der Waals surface area contributed by atoms with E-state index in [4.69, 9.17) is 14.6 Å². The van der Waals surface area contributed by atoms with Crippen LogP contribution < -0.4 is 10.1 Å². The van der Waals surface area contributed by atoms with Crippen LogP contribution in [-0.2, 0) is 23.5 Å². The van der Waals surface area contributed by atoms with E-state index in [1.165, 1.54) is 17.2 Å². The number of thioether (sulfide) groups is 1. The first-order valence-electron chi connectivity index (χ1n) is 14.4. The summed E-state index contributed by atoms with van der Waals surface area (Å²) in [5.74, 6) is 2.10. The van der Waals surface area contributed by atoms with E-state index in [-0.39, 0.29) is 29.2 Å². The van der Waals surface area contributed by atoms with Gasteiger partial charge in [0.1, 0.15) is 17.3 Å². The second-order valence-corrected chi connectivity index (χ2v) is 11.6. The smallest absolute Gasteiger partial charge is 0.255 e. The summed E-state index contributed by atoms with van der Waals surface area (Å²) in [4.78, 5) is 12.8. The predicted octanol–water partition coefficient (Wildman–Crippen LogP) is 5.92. The van der Waals surface area contributed by atoms with Crippen molar-refractivity contribution in [1.29, 1.82) is 0 Å². The molecule has 8 nitrogen and oxygen atoms in total. The maximum Gasteiger partial charge on any atom is 0.255 e. The molecular formula is C33H38N4O4S. The maximum absolute atomic E-state index is 12.8. The highest BCUT2D eigenvalue weighted by molar-refractivity contribution is 7.98. The third-order valence-corrected chi connectivity index (χ3v) is 8.59. The molecule has 2 heterocycles. The summed E-state index contributed by atoms with van der Waals surface area (Å²) < 4.78 is 13.9. The number of hydrogen-bond donors (Lipinski definition) is 2. The highest BCUT2D eigenvalue weighted by atomic mass is 32.2. The SMILES string of the molecule is COc1ccccc1CC(CCNC(=O)c1ccccc1O)c1nnc(SCc2cccc(C)c2)n1CC1CCCO1.